The van der Waals surface area contributed by atoms with Crippen LogP contribution in [0.4, 0.5) is 0 Å². The zero-order valence-corrected chi connectivity index (χ0v) is 7.56. The first-order valence-electron chi connectivity index (χ1n) is 3.71. The molecule has 0 aromatic rings. The van der Waals surface area contributed by atoms with E-state index in [1.165, 1.54) is 6.92 Å². The summed E-state index contributed by atoms with van der Waals surface area (Å²) in [5.74, 6) is -1.03. The summed E-state index contributed by atoms with van der Waals surface area (Å²) in [7, 11) is 0. The van der Waals surface area contributed by atoms with E-state index >= 15 is 0 Å². The summed E-state index contributed by atoms with van der Waals surface area (Å²) in [4.78, 5) is 24.7. The van der Waals surface area contributed by atoms with Crippen molar-refractivity contribution in [2.45, 2.75) is 19.4 Å². The van der Waals surface area contributed by atoms with Crippen LogP contribution in [0.5, 0.6) is 0 Å². The van der Waals surface area contributed by atoms with Gasteiger partial charge in [0.25, 0.3) is 5.09 Å². The number of rotatable bonds is 6. The Morgan fingerprint density at radius 2 is 2.29 bits per heavy atom. The Morgan fingerprint density at radius 3 is 2.71 bits per heavy atom. The van der Waals surface area contributed by atoms with Gasteiger partial charge in [-0.25, -0.2) is 0 Å². The van der Waals surface area contributed by atoms with Crippen LogP contribution in [-0.4, -0.2) is 29.6 Å². The Bertz CT molecular complexity index is 242. The van der Waals surface area contributed by atoms with Gasteiger partial charge in [0.1, 0.15) is 25.0 Å². The lowest BCUT2D eigenvalue weighted by molar-refractivity contribution is -0.767. The van der Waals surface area contributed by atoms with Gasteiger partial charge in [0.15, 0.2) is 0 Å². The lowest BCUT2D eigenvalue weighted by Gasteiger charge is -2.09. The van der Waals surface area contributed by atoms with Crippen molar-refractivity contribution in [2.24, 2.45) is 5.73 Å². The van der Waals surface area contributed by atoms with E-state index in [2.05, 4.69) is 9.57 Å². The van der Waals surface area contributed by atoms with Crippen molar-refractivity contribution < 1.29 is 19.5 Å². The number of esters is 1. The average molecular weight is 205 g/mol. The zero-order valence-electron chi connectivity index (χ0n) is 7.56. The second-order valence-corrected chi connectivity index (χ2v) is 2.52. The largest absolute Gasteiger partial charge is 0.463 e. The monoisotopic (exact) mass is 205 g/mol. The molecule has 0 aromatic carbocycles. The first-order valence-corrected chi connectivity index (χ1v) is 3.71. The standard InChI is InChI=1S/C6H11N3O5/c1-4(14-9(11)12)3-13-6(10)2-5(7)8/h4H,2-3H2,1H3,(H3,7,8). The molecule has 0 radical (unpaired) electrons. The third-order valence-electron chi connectivity index (χ3n) is 1.08. The SMILES string of the molecule is CC(COC(=O)CC(=N)N)O[N+](=O)[O-]. The van der Waals surface area contributed by atoms with Gasteiger partial charge in [-0.15, -0.1) is 10.1 Å². The lowest BCUT2D eigenvalue weighted by atomic mass is 10.4. The van der Waals surface area contributed by atoms with Gasteiger partial charge in [0.2, 0.25) is 0 Å². The molecular weight excluding hydrogens is 194 g/mol. The molecule has 3 N–H and O–H groups in total. The molecule has 1 unspecified atom stereocenters. The van der Waals surface area contributed by atoms with Gasteiger partial charge in [-0.05, 0) is 6.92 Å². The van der Waals surface area contributed by atoms with Gasteiger partial charge >= 0.3 is 5.97 Å². The van der Waals surface area contributed by atoms with Crippen LogP contribution in [0.25, 0.3) is 0 Å². The van der Waals surface area contributed by atoms with E-state index in [-0.39, 0.29) is 18.9 Å². The first-order chi connectivity index (χ1) is 6.41. The molecule has 0 spiro atoms. The molecule has 0 saturated heterocycles. The van der Waals surface area contributed by atoms with Crippen molar-refractivity contribution in [3.63, 3.8) is 0 Å². The van der Waals surface area contributed by atoms with Crippen molar-refractivity contribution >= 4 is 11.8 Å². The molecule has 0 saturated carbocycles. The number of hydrogen-bond donors (Lipinski definition) is 2. The van der Waals surface area contributed by atoms with Crippen molar-refractivity contribution in [3.05, 3.63) is 10.1 Å². The van der Waals surface area contributed by atoms with Crippen molar-refractivity contribution in [2.75, 3.05) is 6.61 Å². The minimum absolute atomic E-state index is 0.243. The molecule has 14 heavy (non-hydrogen) atoms. The van der Waals surface area contributed by atoms with Gasteiger partial charge in [-0.2, -0.15) is 0 Å². The van der Waals surface area contributed by atoms with Gasteiger partial charge in [-0.3, -0.25) is 10.2 Å². The van der Waals surface area contributed by atoms with Crippen LogP contribution in [0.1, 0.15) is 13.3 Å². The number of nitrogens with one attached hydrogen (secondary N) is 1. The molecule has 0 heterocycles. The summed E-state index contributed by atoms with van der Waals surface area (Å²) in [5, 5.41) is 15.6. The molecule has 0 aromatic heterocycles. The molecule has 1 atom stereocenters. The summed E-state index contributed by atoms with van der Waals surface area (Å²) in [6.45, 7) is 1.14. The van der Waals surface area contributed by atoms with Gasteiger partial charge in [-0.1, -0.05) is 0 Å². The van der Waals surface area contributed by atoms with E-state index in [1.54, 1.807) is 0 Å². The third kappa shape index (κ3) is 6.83. The van der Waals surface area contributed by atoms with Crippen LogP contribution in [0.15, 0.2) is 0 Å². The molecule has 0 aliphatic carbocycles. The first kappa shape index (κ1) is 12.1. The van der Waals surface area contributed by atoms with Gasteiger partial charge in [0, 0.05) is 0 Å². The summed E-state index contributed by atoms with van der Waals surface area (Å²) >= 11 is 0. The maximum absolute atomic E-state index is 10.8. The summed E-state index contributed by atoms with van der Waals surface area (Å²) < 4.78 is 4.53. The van der Waals surface area contributed by atoms with Crippen LogP contribution in [0, 0.1) is 15.5 Å². The molecule has 8 nitrogen and oxygen atoms in total. The van der Waals surface area contributed by atoms with Crippen molar-refractivity contribution in [3.8, 4) is 0 Å². The molecule has 0 rings (SSSR count). The van der Waals surface area contributed by atoms with E-state index < -0.39 is 17.2 Å². The molecule has 0 aliphatic heterocycles. The van der Waals surface area contributed by atoms with E-state index in [1.807, 2.05) is 0 Å². The highest BCUT2D eigenvalue weighted by molar-refractivity contribution is 5.94. The van der Waals surface area contributed by atoms with E-state index in [0.29, 0.717) is 0 Å². The van der Waals surface area contributed by atoms with Crippen molar-refractivity contribution in [1.29, 1.82) is 5.41 Å². The molecular formula is C6H11N3O5. The van der Waals surface area contributed by atoms with Crippen LogP contribution >= 0.6 is 0 Å². The topological polar surface area (TPSA) is 129 Å². The van der Waals surface area contributed by atoms with Crippen LogP contribution in [0.2, 0.25) is 0 Å². The van der Waals surface area contributed by atoms with E-state index in [9.17, 15) is 14.9 Å². The molecule has 80 valence electrons. The maximum atomic E-state index is 10.8. The Morgan fingerprint density at radius 1 is 1.71 bits per heavy atom. The minimum Gasteiger partial charge on any atom is -0.463 e. The second kappa shape index (κ2) is 5.73. The maximum Gasteiger partial charge on any atom is 0.313 e. The zero-order chi connectivity index (χ0) is 11.1. The second-order valence-electron chi connectivity index (χ2n) is 2.52. The lowest BCUT2D eigenvalue weighted by Crippen LogP contribution is -2.24. The fourth-order valence-corrected chi connectivity index (χ4v) is 0.594. The molecule has 0 fully saturated rings. The Kier molecular flexibility index (Phi) is 4.97. The highest BCUT2D eigenvalue weighted by Gasteiger charge is 2.11. The van der Waals surface area contributed by atoms with Gasteiger partial charge in [0.05, 0.1) is 0 Å². The fourth-order valence-electron chi connectivity index (χ4n) is 0.594. The van der Waals surface area contributed by atoms with E-state index in [4.69, 9.17) is 11.1 Å². The number of nitrogens with zero attached hydrogens (tertiary/aromatic N) is 1. The summed E-state index contributed by atoms with van der Waals surface area (Å²) in [6, 6.07) is 0. The molecule has 0 aliphatic rings. The number of carbonyl (C=O) groups is 1. The molecule has 0 amide bonds. The van der Waals surface area contributed by atoms with Crippen LogP contribution in [0.3, 0.4) is 0 Å². The normalized spacial score (nSPS) is 11.5. The van der Waals surface area contributed by atoms with Crippen LogP contribution in [-0.2, 0) is 14.4 Å². The number of nitrogens with two attached hydrogens (primary N) is 1. The van der Waals surface area contributed by atoms with Crippen molar-refractivity contribution in [1.82, 2.24) is 0 Å². The number of ether oxygens (including phenoxy) is 1. The van der Waals surface area contributed by atoms with E-state index in [0.717, 1.165) is 0 Å². The Hall–Kier alpha value is -1.86. The highest BCUT2D eigenvalue weighted by atomic mass is 17.0. The quantitative estimate of drug-likeness (QED) is 0.197. The average Bonchev–Trinajstić information content (AvgIpc) is 1.98. The molecule has 0 bridgehead atoms. The third-order valence-corrected chi connectivity index (χ3v) is 1.08. The minimum atomic E-state index is -0.969. The predicted molar refractivity (Wildman–Crippen MR) is 45.0 cm³/mol. The summed E-state index contributed by atoms with van der Waals surface area (Å²) in [5.41, 5.74) is 4.92. The highest BCUT2D eigenvalue weighted by Crippen LogP contribution is 1.94. The number of hydrogen-bond acceptors (Lipinski definition) is 6. The summed E-state index contributed by atoms with van der Waals surface area (Å²) in [6.07, 6.45) is -1.16. The Balaban J connectivity index is 3.66. The Labute approximate surface area is 79.6 Å². The van der Waals surface area contributed by atoms with Crippen LogP contribution < -0.4 is 5.73 Å². The predicted octanol–water partition coefficient (Wildman–Crippen LogP) is -0.548. The fraction of sp³-hybridized carbons (Fsp3) is 0.667. The molecule has 8 heteroatoms. The smallest absolute Gasteiger partial charge is 0.313 e. The van der Waals surface area contributed by atoms with Gasteiger partial charge < -0.3 is 15.3 Å². The number of amidine groups is 1. The number of carbonyl (C=O) groups excluding carboxylic acids is 1.